The molecule has 0 fully saturated rings. The van der Waals surface area contributed by atoms with Crippen LogP contribution in [0.1, 0.15) is 12.8 Å². The molecule has 0 atom stereocenters. The Hall–Kier alpha value is -1.70. The van der Waals surface area contributed by atoms with E-state index in [9.17, 15) is 0 Å². The summed E-state index contributed by atoms with van der Waals surface area (Å²) < 4.78 is 11.0. The summed E-state index contributed by atoms with van der Waals surface area (Å²) in [4.78, 5) is 0. The zero-order valence-electron chi connectivity index (χ0n) is 9.48. The summed E-state index contributed by atoms with van der Waals surface area (Å²) in [5.74, 6) is 1.59. The molecule has 0 aromatic heterocycles. The van der Waals surface area contributed by atoms with Crippen molar-refractivity contribution in [1.82, 2.24) is 0 Å². The molecule has 0 radical (unpaired) electrons. The van der Waals surface area contributed by atoms with Gasteiger partial charge in [0.05, 0.1) is 7.11 Å². The van der Waals surface area contributed by atoms with Gasteiger partial charge >= 0.3 is 0 Å². The van der Waals surface area contributed by atoms with E-state index in [1.807, 2.05) is 24.3 Å². The molecule has 0 aliphatic heterocycles. The normalized spacial score (nSPS) is 14.4. The van der Waals surface area contributed by atoms with Crippen LogP contribution in [0.15, 0.2) is 48.1 Å². The largest absolute Gasteiger partial charge is 0.493 e. The molecular weight excluding hydrogens is 200 g/mol. The highest BCUT2D eigenvalue weighted by Gasteiger charge is 2.04. The molecule has 0 heterocycles. The van der Waals surface area contributed by atoms with E-state index in [1.165, 1.54) is 5.57 Å². The van der Waals surface area contributed by atoms with Crippen molar-refractivity contribution in [3.05, 3.63) is 48.1 Å². The van der Waals surface area contributed by atoms with Crippen molar-refractivity contribution >= 4 is 0 Å². The highest BCUT2D eigenvalue weighted by Crippen LogP contribution is 2.26. The third-order valence-electron chi connectivity index (χ3n) is 2.58. The van der Waals surface area contributed by atoms with E-state index in [-0.39, 0.29) is 0 Å². The van der Waals surface area contributed by atoms with Gasteiger partial charge in [0.1, 0.15) is 6.61 Å². The van der Waals surface area contributed by atoms with Gasteiger partial charge in [0.25, 0.3) is 0 Å². The number of ether oxygens (including phenoxy) is 2. The van der Waals surface area contributed by atoms with Crippen LogP contribution in [0.4, 0.5) is 0 Å². The van der Waals surface area contributed by atoms with Crippen molar-refractivity contribution in [2.75, 3.05) is 13.7 Å². The van der Waals surface area contributed by atoms with Crippen LogP contribution >= 0.6 is 0 Å². The maximum absolute atomic E-state index is 5.74. The molecule has 0 bridgehead atoms. The van der Waals surface area contributed by atoms with Crippen LogP contribution < -0.4 is 9.47 Å². The lowest BCUT2D eigenvalue weighted by Crippen LogP contribution is -2.03. The van der Waals surface area contributed by atoms with E-state index in [1.54, 1.807) is 7.11 Å². The van der Waals surface area contributed by atoms with Gasteiger partial charge in [0.15, 0.2) is 11.5 Å². The van der Waals surface area contributed by atoms with Crippen molar-refractivity contribution in [3.63, 3.8) is 0 Å². The van der Waals surface area contributed by atoms with Crippen molar-refractivity contribution in [2.45, 2.75) is 12.8 Å². The van der Waals surface area contributed by atoms with Gasteiger partial charge < -0.3 is 9.47 Å². The minimum atomic E-state index is 0.644. The predicted molar refractivity (Wildman–Crippen MR) is 64.9 cm³/mol. The molecule has 16 heavy (non-hydrogen) atoms. The van der Waals surface area contributed by atoms with Gasteiger partial charge in [-0.2, -0.15) is 0 Å². The summed E-state index contributed by atoms with van der Waals surface area (Å²) in [6.45, 7) is 0.644. The van der Waals surface area contributed by atoms with Crippen LogP contribution in [0.25, 0.3) is 0 Å². The zero-order valence-corrected chi connectivity index (χ0v) is 9.48. The lowest BCUT2D eigenvalue weighted by Gasteiger charge is -2.13. The first kappa shape index (κ1) is 10.8. The third kappa shape index (κ3) is 2.66. The Morgan fingerprint density at radius 3 is 2.69 bits per heavy atom. The molecule has 1 aromatic carbocycles. The third-order valence-corrected chi connectivity index (χ3v) is 2.58. The van der Waals surface area contributed by atoms with E-state index in [4.69, 9.17) is 9.47 Å². The van der Waals surface area contributed by atoms with Crippen LogP contribution in [0, 0.1) is 0 Å². The fourth-order valence-electron chi connectivity index (χ4n) is 1.68. The molecule has 0 spiro atoms. The second-order valence-corrected chi connectivity index (χ2v) is 3.73. The summed E-state index contributed by atoms with van der Waals surface area (Å²) in [7, 11) is 1.66. The molecule has 84 valence electrons. The summed E-state index contributed by atoms with van der Waals surface area (Å²) in [6, 6.07) is 7.73. The molecule has 2 rings (SSSR count). The quantitative estimate of drug-likeness (QED) is 0.768. The Labute approximate surface area is 96.2 Å². The molecule has 2 heteroatoms. The first-order valence-corrected chi connectivity index (χ1v) is 5.50. The Balaban J connectivity index is 1.98. The molecule has 0 saturated carbocycles. The molecule has 0 amide bonds. The average Bonchev–Trinajstić information content (AvgIpc) is 2.38. The molecule has 1 aromatic rings. The van der Waals surface area contributed by atoms with Gasteiger partial charge in [-0.05, 0) is 30.5 Å². The topological polar surface area (TPSA) is 18.5 Å². The number of hydrogen-bond donors (Lipinski definition) is 0. The lowest BCUT2D eigenvalue weighted by atomic mass is 10.1. The van der Waals surface area contributed by atoms with Gasteiger partial charge in [-0.3, -0.25) is 0 Å². The SMILES string of the molecule is COc1ccccc1OCC1=CC=CCC1. The fraction of sp³-hybridized carbons (Fsp3) is 0.286. The smallest absolute Gasteiger partial charge is 0.161 e. The number of para-hydroxylation sites is 2. The van der Waals surface area contributed by atoms with E-state index < -0.39 is 0 Å². The maximum atomic E-state index is 5.74. The monoisotopic (exact) mass is 216 g/mol. The Bertz CT molecular complexity index is 405. The van der Waals surface area contributed by atoms with Crippen molar-refractivity contribution in [3.8, 4) is 11.5 Å². The Kier molecular flexibility index (Phi) is 3.65. The van der Waals surface area contributed by atoms with Crippen LogP contribution in [0.3, 0.4) is 0 Å². The molecular formula is C14H16O2. The van der Waals surface area contributed by atoms with Crippen molar-refractivity contribution in [1.29, 1.82) is 0 Å². The summed E-state index contributed by atoms with van der Waals surface area (Å²) in [5.41, 5.74) is 1.33. The summed E-state index contributed by atoms with van der Waals surface area (Å²) in [5, 5.41) is 0. The maximum Gasteiger partial charge on any atom is 0.161 e. The van der Waals surface area contributed by atoms with Crippen LogP contribution in [0.2, 0.25) is 0 Å². The number of hydrogen-bond acceptors (Lipinski definition) is 2. The molecule has 1 aliphatic rings. The van der Waals surface area contributed by atoms with Crippen LogP contribution in [-0.4, -0.2) is 13.7 Å². The van der Waals surface area contributed by atoms with E-state index >= 15 is 0 Å². The summed E-state index contributed by atoms with van der Waals surface area (Å²) >= 11 is 0. The van der Waals surface area contributed by atoms with Gasteiger partial charge in [-0.15, -0.1) is 0 Å². The van der Waals surface area contributed by atoms with Crippen molar-refractivity contribution in [2.24, 2.45) is 0 Å². The number of rotatable bonds is 4. The average molecular weight is 216 g/mol. The molecule has 0 N–H and O–H groups in total. The number of benzene rings is 1. The second-order valence-electron chi connectivity index (χ2n) is 3.73. The van der Waals surface area contributed by atoms with E-state index in [0.29, 0.717) is 6.61 Å². The van der Waals surface area contributed by atoms with Crippen LogP contribution in [-0.2, 0) is 0 Å². The Morgan fingerprint density at radius 1 is 1.19 bits per heavy atom. The first-order chi connectivity index (χ1) is 7.90. The minimum absolute atomic E-state index is 0.644. The van der Waals surface area contributed by atoms with Gasteiger partial charge in [0.2, 0.25) is 0 Å². The lowest BCUT2D eigenvalue weighted by molar-refractivity contribution is 0.316. The van der Waals surface area contributed by atoms with Crippen molar-refractivity contribution < 1.29 is 9.47 Å². The molecule has 1 aliphatic carbocycles. The van der Waals surface area contributed by atoms with E-state index in [2.05, 4.69) is 18.2 Å². The molecule has 0 saturated heterocycles. The van der Waals surface area contributed by atoms with Gasteiger partial charge in [-0.25, -0.2) is 0 Å². The minimum Gasteiger partial charge on any atom is -0.493 e. The standard InChI is InChI=1S/C14H16O2/c1-15-13-9-5-6-10-14(13)16-11-12-7-3-2-4-8-12/h2-3,5-7,9-10H,4,8,11H2,1H3. The van der Waals surface area contributed by atoms with Gasteiger partial charge in [0, 0.05) is 0 Å². The van der Waals surface area contributed by atoms with Gasteiger partial charge in [-0.1, -0.05) is 30.4 Å². The highest BCUT2D eigenvalue weighted by atomic mass is 16.5. The summed E-state index contributed by atoms with van der Waals surface area (Å²) in [6.07, 6.45) is 8.59. The predicted octanol–water partition coefficient (Wildman–Crippen LogP) is 3.35. The highest BCUT2D eigenvalue weighted by molar-refractivity contribution is 5.39. The number of allylic oxidation sites excluding steroid dienone is 3. The second kappa shape index (κ2) is 5.40. The Morgan fingerprint density at radius 2 is 2.00 bits per heavy atom. The molecule has 2 nitrogen and oxygen atoms in total. The van der Waals surface area contributed by atoms with E-state index in [0.717, 1.165) is 24.3 Å². The fourth-order valence-corrected chi connectivity index (χ4v) is 1.68. The zero-order chi connectivity index (χ0) is 11.2. The van der Waals surface area contributed by atoms with Crippen LogP contribution in [0.5, 0.6) is 11.5 Å². The number of methoxy groups -OCH3 is 1. The molecule has 0 unspecified atom stereocenters. The first-order valence-electron chi connectivity index (χ1n) is 5.50.